The Hall–Kier alpha value is -0.820. The monoisotopic (exact) mass is 148 g/mol. The van der Waals surface area contributed by atoms with E-state index in [1.54, 1.807) is 0 Å². The van der Waals surface area contributed by atoms with Crippen molar-refractivity contribution in [2.75, 3.05) is 0 Å². The molecule has 1 nitrogen and oxygen atoms in total. The Balaban J connectivity index is 2.56. The highest BCUT2D eigenvalue weighted by Gasteiger charge is 2.30. The lowest BCUT2D eigenvalue weighted by Crippen LogP contribution is -2.15. The molecule has 58 valence electrons. The fourth-order valence-electron chi connectivity index (χ4n) is 1.78. The number of aryl methyl sites for hydroxylation is 1. The van der Waals surface area contributed by atoms with Gasteiger partial charge in [-0.3, -0.25) is 0 Å². The topological polar surface area (TPSA) is 20.2 Å². The van der Waals surface area contributed by atoms with Crippen molar-refractivity contribution in [1.29, 1.82) is 0 Å². The maximum atomic E-state index is 9.85. The molecular formula is C10H12O. The van der Waals surface area contributed by atoms with E-state index in [0.29, 0.717) is 0 Å². The van der Waals surface area contributed by atoms with Crippen LogP contribution in [0.25, 0.3) is 0 Å². The average molecular weight is 148 g/mol. The second-order valence-corrected chi connectivity index (χ2v) is 3.43. The lowest BCUT2D eigenvalue weighted by atomic mass is 9.99. The molecule has 1 heteroatoms. The Morgan fingerprint density at radius 3 is 2.82 bits per heavy atom. The normalized spacial score (nSPS) is 28.5. The van der Waals surface area contributed by atoms with Gasteiger partial charge in [-0.05, 0) is 30.9 Å². The van der Waals surface area contributed by atoms with E-state index in [1.807, 2.05) is 25.1 Å². The zero-order valence-electron chi connectivity index (χ0n) is 6.67. The largest absolute Gasteiger partial charge is 0.385 e. The molecule has 1 aromatic rings. The molecule has 1 aliphatic carbocycles. The molecule has 0 aliphatic heterocycles. The van der Waals surface area contributed by atoms with Crippen LogP contribution in [0.5, 0.6) is 0 Å². The second-order valence-electron chi connectivity index (χ2n) is 3.43. The van der Waals surface area contributed by atoms with Gasteiger partial charge < -0.3 is 5.11 Å². The van der Waals surface area contributed by atoms with Crippen molar-refractivity contribution in [3.05, 3.63) is 35.4 Å². The summed E-state index contributed by atoms with van der Waals surface area (Å²) in [7, 11) is 0. The lowest BCUT2D eigenvalue weighted by molar-refractivity contribution is 0.0595. The molecule has 1 N–H and O–H groups in total. The first kappa shape index (κ1) is 6.86. The van der Waals surface area contributed by atoms with Crippen LogP contribution >= 0.6 is 0 Å². The van der Waals surface area contributed by atoms with Gasteiger partial charge in [-0.2, -0.15) is 0 Å². The maximum absolute atomic E-state index is 9.85. The molecule has 0 radical (unpaired) electrons. The van der Waals surface area contributed by atoms with Crippen LogP contribution in [0.3, 0.4) is 0 Å². The Bertz CT molecular complexity index is 276. The Morgan fingerprint density at radius 2 is 2.09 bits per heavy atom. The Kier molecular flexibility index (Phi) is 1.30. The second kappa shape index (κ2) is 2.08. The highest BCUT2D eigenvalue weighted by atomic mass is 16.3. The van der Waals surface area contributed by atoms with E-state index in [4.69, 9.17) is 0 Å². The third-order valence-electron chi connectivity index (χ3n) is 2.48. The zero-order chi connectivity index (χ0) is 7.90. The van der Waals surface area contributed by atoms with Crippen molar-refractivity contribution in [2.45, 2.75) is 25.4 Å². The summed E-state index contributed by atoms with van der Waals surface area (Å²) in [6.45, 7) is 1.89. The fourth-order valence-corrected chi connectivity index (χ4v) is 1.78. The minimum atomic E-state index is -0.573. The number of fused-ring (bicyclic) bond motifs is 1. The van der Waals surface area contributed by atoms with E-state index in [-0.39, 0.29) is 0 Å². The van der Waals surface area contributed by atoms with Crippen LogP contribution in [0.4, 0.5) is 0 Å². The van der Waals surface area contributed by atoms with Crippen molar-refractivity contribution in [3.63, 3.8) is 0 Å². The third-order valence-corrected chi connectivity index (χ3v) is 2.48. The summed E-state index contributed by atoms with van der Waals surface area (Å²) >= 11 is 0. The highest BCUT2D eigenvalue weighted by Crippen LogP contribution is 2.35. The zero-order valence-corrected chi connectivity index (χ0v) is 6.67. The van der Waals surface area contributed by atoms with Crippen LogP contribution < -0.4 is 0 Å². The number of rotatable bonds is 0. The van der Waals surface area contributed by atoms with E-state index in [9.17, 15) is 5.11 Å². The highest BCUT2D eigenvalue weighted by molar-refractivity contribution is 5.36. The third kappa shape index (κ3) is 0.962. The summed E-state index contributed by atoms with van der Waals surface area (Å²) in [4.78, 5) is 0. The van der Waals surface area contributed by atoms with Crippen LogP contribution in [0.15, 0.2) is 24.3 Å². The molecule has 1 atom stereocenters. The van der Waals surface area contributed by atoms with Gasteiger partial charge in [0.25, 0.3) is 0 Å². The number of hydrogen-bond acceptors (Lipinski definition) is 1. The molecule has 0 fully saturated rings. The molecule has 1 aliphatic rings. The first-order valence-electron chi connectivity index (χ1n) is 4.01. The average Bonchev–Trinajstić information content (AvgIpc) is 2.29. The molecule has 0 heterocycles. The summed E-state index contributed by atoms with van der Waals surface area (Å²) in [5, 5.41) is 9.85. The summed E-state index contributed by atoms with van der Waals surface area (Å²) in [5.74, 6) is 0. The van der Waals surface area contributed by atoms with Crippen LogP contribution in [0.1, 0.15) is 24.5 Å². The summed E-state index contributed by atoms with van der Waals surface area (Å²) < 4.78 is 0. The first-order valence-corrected chi connectivity index (χ1v) is 4.01. The molecule has 11 heavy (non-hydrogen) atoms. The number of aliphatic hydroxyl groups is 1. The molecule has 0 bridgehead atoms. The van der Waals surface area contributed by atoms with Gasteiger partial charge in [0.1, 0.15) is 0 Å². The Labute approximate surface area is 66.7 Å². The molecule has 0 amide bonds. The van der Waals surface area contributed by atoms with Gasteiger partial charge >= 0.3 is 0 Å². The van der Waals surface area contributed by atoms with Gasteiger partial charge in [-0.15, -0.1) is 0 Å². The van der Waals surface area contributed by atoms with Crippen LogP contribution in [-0.4, -0.2) is 5.11 Å². The number of benzene rings is 1. The molecule has 1 aromatic carbocycles. The van der Waals surface area contributed by atoms with Crippen molar-refractivity contribution < 1.29 is 5.11 Å². The fraction of sp³-hybridized carbons (Fsp3) is 0.400. The molecule has 0 saturated heterocycles. The Morgan fingerprint density at radius 1 is 1.36 bits per heavy atom. The van der Waals surface area contributed by atoms with Crippen LogP contribution in [-0.2, 0) is 12.0 Å². The quantitative estimate of drug-likeness (QED) is 0.595. The van der Waals surface area contributed by atoms with E-state index in [1.165, 1.54) is 5.56 Å². The van der Waals surface area contributed by atoms with Crippen molar-refractivity contribution in [2.24, 2.45) is 0 Å². The summed E-state index contributed by atoms with van der Waals surface area (Å²) in [6, 6.07) is 8.12. The van der Waals surface area contributed by atoms with Gasteiger partial charge in [0.15, 0.2) is 0 Å². The van der Waals surface area contributed by atoms with Gasteiger partial charge in [0.2, 0.25) is 0 Å². The summed E-state index contributed by atoms with van der Waals surface area (Å²) in [5.41, 5.74) is 1.84. The van der Waals surface area contributed by atoms with E-state index in [2.05, 4.69) is 6.07 Å². The molecule has 0 spiro atoms. The van der Waals surface area contributed by atoms with Gasteiger partial charge in [-0.1, -0.05) is 24.3 Å². The lowest BCUT2D eigenvalue weighted by Gasteiger charge is -2.16. The van der Waals surface area contributed by atoms with Gasteiger partial charge in [0, 0.05) is 0 Å². The molecule has 2 rings (SSSR count). The summed E-state index contributed by atoms with van der Waals surface area (Å²) in [6.07, 6.45) is 1.88. The minimum absolute atomic E-state index is 0.573. The molecule has 0 saturated carbocycles. The molecule has 0 unspecified atom stereocenters. The first-order chi connectivity index (χ1) is 5.20. The predicted molar refractivity (Wildman–Crippen MR) is 44.3 cm³/mol. The standard InChI is InChI=1S/C10H12O/c1-10(11)7-6-8-4-2-3-5-9(8)10/h2-5,11H,6-7H2,1H3/t10-/m1/s1. The smallest absolute Gasteiger partial charge is 0.0874 e. The van der Waals surface area contributed by atoms with Gasteiger partial charge in [0.05, 0.1) is 5.60 Å². The van der Waals surface area contributed by atoms with Crippen molar-refractivity contribution in [3.8, 4) is 0 Å². The maximum Gasteiger partial charge on any atom is 0.0874 e. The van der Waals surface area contributed by atoms with E-state index >= 15 is 0 Å². The number of hydrogen-bond donors (Lipinski definition) is 1. The van der Waals surface area contributed by atoms with Crippen LogP contribution in [0.2, 0.25) is 0 Å². The SMILES string of the molecule is C[C@@]1(O)CCc2ccccc21. The predicted octanol–water partition coefficient (Wildman–Crippen LogP) is 1.84. The molecular weight excluding hydrogens is 136 g/mol. The van der Waals surface area contributed by atoms with Gasteiger partial charge in [-0.25, -0.2) is 0 Å². The van der Waals surface area contributed by atoms with Crippen LogP contribution in [0, 0.1) is 0 Å². The van der Waals surface area contributed by atoms with Crippen molar-refractivity contribution >= 4 is 0 Å². The van der Waals surface area contributed by atoms with E-state index < -0.39 is 5.60 Å². The van der Waals surface area contributed by atoms with E-state index in [0.717, 1.165) is 18.4 Å². The van der Waals surface area contributed by atoms with Crippen molar-refractivity contribution in [1.82, 2.24) is 0 Å². The minimum Gasteiger partial charge on any atom is -0.385 e. The molecule has 0 aromatic heterocycles.